The van der Waals surface area contributed by atoms with E-state index in [9.17, 15) is 4.79 Å². The molecule has 110 valence electrons. The Labute approximate surface area is 125 Å². The van der Waals surface area contributed by atoms with E-state index in [1.807, 2.05) is 0 Å². The van der Waals surface area contributed by atoms with Crippen molar-refractivity contribution in [3.63, 3.8) is 0 Å². The lowest BCUT2D eigenvalue weighted by molar-refractivity contribution is -0.133. The Balaban J connectivity index is 1.88. The van der Waals surface area contributed by atoms with E-state index >= 15 is 0 Å². The highest BCUT2D eigenvalue weighted by Gasteiger charge is 2.45. The van der Waals surface area contributed by atoms with Gasteiger partial charge in [0, 0.05) is 6.04 Å². The predicted octanol–water partition coefficient (Wildman–Crippen LogP) is 3.39. The van der Waals surface area contributed by atoms with Gasteiger partial charge in [-0.1, -0.05) is 20.8 Å². The van der Waals surface area contributed by atoms with E-state index in [1.165, 1.54) is 12.0 Å². The van der Waals surface area contributed by atoms with Crippen molar-refractivity contribution < 1.29 is 4.79 Å². The highest BCUT2D eigenvalue weighted by molar-refractivity contribution is 7.07. The van der Waals surface area contributed by atoms with Gasteiger partial charge < -0.3 is 4.90 Å². The van der Waals surface area contributed by atoms with E-state index in [2.05, 4.69) is 47.8 Å². The third-order valence-electron chi connectivity index (χ3n) is 4.72. The molecule has 4 heteroatoms. The maximum atomic E-state index is 12.8. The lowest BCUT2D eigenvalue weighted by Gasteiger charge is -2.30. The topological polar surface area (TPSA) is 32.3 Å². The fourth-order valence-corrected chi connectivity index (χ4v) is 4.27. The van der Waals surface area contributed by atoms with Crippen molar-refractivity contribution >= 4 is 17.2 Å². The summed E-state index contributed by atoms with van der Waals surface area (Å²) in [5.74, 6) is 1.39. The Morgan fingerprint density at radius 3 is 2.75 bits per heavy atom. The molecule has 1 aliphatic heterocycles. The van der Waals surface area contributed by atoms with Crippen LogP contribution in [0.5, 0.6) is 0 Å². The molecule has 0 aromatic carbocycles. The molecule has 20 heavy (non-hydrogen) atoms. The van der Waals surface area contributed by atoms with Crippen LogP contribution >= 0.6 is 11.3 Å². The molecule has 2 aliphatic rings. The first-order valence-electron chi connectivity index (χ1n) is 7.68. The molecule has 3 rings (SSSR count). The minimum atomic E-state index is -0.0317. The highest BCUT2D eigenvalue weighted by Crippen LogP contribution is 2.38. The van der Waals surface area contributed by atoms with Crippen LogP contribution < -0.4 is 5.32 Å². The summed E-state index contributed by atoms with van der Waals surface area (Å²) in [5, 5.41) is 7.83. The molecular weight excluding hydrogens is 268 g/mol. The standard InChI is InChI=1S/C16H24N2OS/c1-10(2)14-16(19)18(13-5-4-11(3)8-13)15(17-14)12-6-7-20-9-12/h6-7,9-11,13-15,17H,4-5,8H2,1-3H3. The van der Waals surface area contributed by atoms with Crippen LogP contribution in [-0.4, -0.2) is 22.9 Å². The zero-order valence-electron chi connectivity index (χ0n) is 12.5. The summed E-state index contributed by atoms with van der Waals surface area (Å²) in [5.41, 5.74) is 1.24. The lowest BCUT2D eigenvalue weighted by Crippen LogP contribution is -2.39. The molecule has 3 nitrogen and oxygen atoms in total. The Morgan fingerprint density at radius 2 is 2.20 bits per heavy atom. The van der Waals surface area contributed by atoms with Crippen molar-refractivity contribution in [2.75, 3.05) is 0 Å². The van der Waals surface area contributed by atoms with E-state index in [-0.39, 0.29) is 12.2 Å². The van der Waals surface area contributed by atoms with Crippen LogP contribution in [-0.2, 0) is 4.79 Å². The molecule has 2 heterocycles. The first kappa shape index (κ1) is 14.1. The molecule has 1 N–H and O–H groups in total. The average Bonchev–Trinajstić information content (AvgIpc) is 3.07. The maximum Gasteiger partial charge on any atom is 0.241 e. The quantitative estimate of drug-likeness (QED) is 0.926. The lowest BCUT2D eigenvalue weighted by atomic mass is 10.0. The van der Waals surface area contributed by atoms with Crippen LogP contribution in [0.4, 0.5) is 0 Å². The molecule has 2 fully saturated rings. The molecule has 4 atom stereocenters. The molecule has 0 radical (unpaired) electrons. The summed E-state index contributed by atoms with van der Waals surface area (Å²) in [7, 11) is 0. The smallest absolute Gasteiger partial charge is 0.241 e. The van der Waals surface area contributed by atoms with E-state index in [1.54, 1.807) is 11.3 Å². The first-order chi connectivity index (χ1) is 9.58. The number of carbonyl (C=O) groups is 1. The zero-order valence-corrected chi connectivity index (χ0v) is 13.3. The van der Waals surface area contributed by atoms with Gasteiger partial charge in [0.15, 0.2) is 0 Å². The third kappa shape index (κ3) is 2.40. The molecule has 1 amide bonds. The van der Waals surface area contributed by atoms with Gasteiger partial charge in [-0.2, -0.15) is 11.3 Å². The van der Waals surface area contributed by atoms with Gasteiger partial charge in [-0.05, 0) is 53.5 Å². The molecule has 1 aromatic rings. The maximum absolute atomic E-state index is 12.8. The van der Waals surface area contributed by atoms with E-state index in [0.717, 1.165) is 18.8 Å². The molecule has 0 bridgehead atoms. The van der Waals surface area contributed by atoms with Crippen LogP contribution in [0.1, 0.15) is 51.8 Å². The van der Waals surface area contributed by atoms with Gasteiger partial charge in [-0.3, -0.25) is 10.1 Å². The molecule has 1 saturated heterocycles. The average molecular weight is 292 g/mol. The number of nitrogens with zero attached hydrogens (tertiary/aromatic N) is 1. The molecule has 1 aliphatic carbocycles. The number of carbonyl (C=O) groups excluding carboxylic acids is 1. The minimum absolute atomic E-state index is 0.0317. The largest absolute Gasteiger partial charge is 0.319 e. The number of rotatable bonds is 3. The Morgan fingerprint density at radius 1 is 1.40 bits per heavy atom. The van der Waals surface area contributed by atoms with Crippen LogP contribution in [0.3, 0.4) is 0 Å². The fraction of sp³-hybridized carbons (Fsp3) is 0.688. The zero-order chi connectivity index (χ0) is 14.3. The molecular formula is C16H24N2OS. The van der Waals surface area contributed by atoms with Gasteiger partial charge in [-0.25, -0.2) is 0 Å². The Bertz CT molecular complexity index is 471. The van der Waals surface area contributed by atoms with Gasteiger partial charge in [0.05, 0.1) is 6.04 Å². The monoisotopic (exact) mass is 292 g/mol. The van der Waals surface area contributed by atoms with Crippen LogP contribution in [0.15, 0.2) is 16.8 Å². The van der Waals surface area contributed by atoms with Gasteiger partial charge in [0.1, 0.15) is 6.17 Å². The second kappa shape index (κ2) is 5.49. The summed E-state index contributed by atoms with van der Waals surface area (Å²) < 4.78 is 0. The summed E-state index contributed by atoms with van der Waals surface area (Å²) in [6.07, 6.45) is 3.63. The van der Waals surface area contributed by atoms with E-state index in [0.29, 0.717) is 17.9 Å². The normalized spacial score (nSPS) is 34.4. The molecule has 1 saturated carbocycles. The van der Waals surface area contributed by atoms with Crippen LogP contribution in [0.2, 0.25) is 0 Å². The third-order valence-corrected chi connectivity index (χ3v) is 5.42. The van der Waals surface area contributed by atoms with Gasteiger partial charge >= 0.3 is 0 Å². The number of hydrogen-bond acceptors (Lipinski definition) is 3. The van der Waals surface area contributed by atoms with Crippen LogP contribution in [0.25, 0.3) is 0 Å². The van der Waals surface area contributed by atoms with E-state index in [4.69, 9.17) is 0 Å². The fourth-order valence-electron chi connectivity index (χ4n) is 3.60. The van der Waals surface area contributed by atoms with Gasteiger partial charge in [0.2, 0.25) is 5.91 Å². The van der Waals surface area contributed by atoms with Crippen molar-refractivity contribution in [2.24, 2.45) is 11.8 Å². The van der Waals surface area contributed by atoms with Crippen molar-refractivity contribution in [3.05, 3.63) is 22.4 Å². The Kier molecular flexibility index (Phi) is 3.87. The van der Waals surface area contributed by atoms with Crippen LogP contribution in [0, 0.1) is 11.8 Å². The summed E-state index contributed by atoms with van der Waals surface area (Å²) in [6, 6.07) is 2.53. The number of nitrogens with one attached hydrogen (secondary N) is 1. The first-order valence-corrected chi connectivity index (χ1v) is 8.62. The second-order valence-electron chi connectivity index (χ2n) is 6.67. The van der Waals surface area contributed by atoms with Gasteiger partial charge in [0.25, 0.3) is 0 Å². The molecule has 1 aromatic heterocycles. The summed E-state index contributed by atoms with van der Waals surface area (Å²) in [4.78, 5) is 15.0. The summed E-state index contributed by atoms with van der Waals surface area (Å²) in [6.45, 7) is 6.55. The van der Waals surface area contributed by atoms with Gasteiger partial charge in [-0.15, -0.1) is 0 Å². The molecule has 0 spiro atoms. The molecule has 4 unspecified atom stereocenters. The number of thiophene rings is 1. The van der Waals surface area contributed by atoms with Crippen molar-refractivity contribution in [1.82, 2.24) is 10.2 Å². The predicted molar refractivity (Wildman–Crippen MR) is 82.5 cm³/mol. The SMILES string of the molecule is CC1CCC(N2C(=O)C(C(C)C)NC2c2ccsc2)C1. The number of amides is 1. The summed E-state index contributed by atoms with van der Waals surface area (Å²) >= 11 is 1.70. The minimum Gasteiger partial charge on any atom is -0.319 e. The second-order valence-corrected chi connectivity index (χ2v) is 7.45. The van der Waals surface area contributed by atoms with E-state index < -0.39 is 0 Å². The van der Waals surface area contributed by atoms with Crippen molar-refractivity contribution in [2.45, 2.75) is 58.3 Å². The highest BCUT2D eigenvalue weighted by atomic mass is 32.1. The Hall–Kier alpha value is -0.870. The number of hydrogen-bond donors (Lipinski definition) is 1. The van der Waals surface area contributed by atoms with Crippen molar-refractivity contribution in [1.29, 1.82) is 0 Å². The van der Waals surface area contributed by atoms with Crippen molar-refractivity contribution in [3.8, 4) is 0 Å².